The fourth-order valence-electron chi connectivity index (χ4n) is 1.94. The van der Waals surface area contributed by atoms with Gasteiger partial charge in [0.05, 0.1) is 11.5 Å². The van der Waals surface area contributed by atoms with Crippen molar-refractivity contribution in [2.45, 2.75) is 0 Å². The van der Waals surface area contributed by atoms with E-state index >= 15 is 0 Å². The highest BCUT2D eigenvalue weighted by Gasteiger charge is 2.16. The topological polar surface area (TPSA) is 49.4 Å². The first kappa shape index (κ1) is 17.0. The number of nitrogens with one attached hydrogen (secondary N) is 1. The summed E-state index contributed by atoms with van der Waals surface area (Å²) in [6.45, 7) is 3.26. The van der Waals surface area contributed by atoms with Crippen LogP contribution in [0.2, 0.25) is 0 Å². The van der Waals surface area contributed by atoms with Gasteiger partial charge in [0.1, 0.15) is 0 Å². The van der Waals surface area contributed by atoms with Crippen LogP contribution in [0.4, 0.5) is 0 Å². The number of amides is 1. The van der Waals surface area contributed by atoms with Gasteiger partial charge in [-0.15, -0.1) is 24.2 Å². The molecule has 1 heterocycles. The van der Waals surface area contributed by atoms with Crippen molar-refractivity contribution < 1.29 is 9.59 Å². The molecule has 1 amide bonds. The minimum atomic E-state index is 0. The summed E-state index contributed by atoms with van der Waals surface area (Å²) in [7, 11) is 0. The van der Waals surface area contributed by atoms with Gasteiger partial charge in [0.2, 0.25) is 5.91 Å². The molecule has 0 atom stereocenters. The molecular formula is C14H19ClN2O2S. The highest BCUT2D eigenvalue weighted by molar-refractivity contribution is 8.00. The molecule has 4 nitrogen and oxygen atoms in total. The van der Waals surface area contributed by atoms with Gasteiger partial charge in [-0.05, 0) is 0 Å². The lowest BCUT2D eigenvalue weighted by Crippen LogP contribution is -2.47. The SMILES string of the molecule is Cl.O=C(CSCC(=O)N1CCNCC1)c1ccccc1. The maximum atomic E-state index is 11.9. The van der Waals surface area contributed by atoms with Crippen LogP contribution in [0.15, 0.2) is 30.3 Å². The largest absolute Gasteiger partial charge is 0.339 e. The first-order valence-electron chi connectivity index (χ1n) is 6.42. The van der Waals surface area contributed by atoms with Gasteiger partial charge in [0.25, 0.3) is 0 Å². The summed E-state index contributed by atoms with van der Waals surface area (Å²) >= 11 is 1.40. The molecule has 1 aliphatic heterocycles. The number of benzene rings is 1. The van der Waals surface area contributed by atoms with Crippen molar-refractivity contribution in [2.75, 3.05) is 37.7 Å². The smallest absolute Gasteiger partial charge is 0.232 e. The lowest BCUT2D eigenvalue weighted by atomic mass is 10.2. The molecule has 0 spiro atoms. The summed E-state index contributed by atoms with van der Waals surface area (Å²) in [6, 6.07) is 9.20. The molecule has 2 rings (SSSR count). The van der Waals surface area contributed by atoms with Gasteiger partial charge in [0.15, 0.2) is 5.78 Å². The van der Waals surface area contributed by atoms with E-state index in [2.05, 4.69) is 5.32 Å². The van der Waals surface area contributed by atoms with Crippen molar-refractivity contribution in [2.24, 2.45) is 0 Å². The third-order valence-corrected chi connectivity index (χ3v) is 3.94. The first-order chi connectivity index (χ1) is 9.27. The molecule has 0 bridgehead atoms. The van der Waals surface area contributed by atoms with Gasteiger partial charge in [-0.1, -0.05) is 30.3 Å². The second kappa shape index (κ2) is 9.00. The summed E-state index contributed by atoms with van der Waals surface area (Å²) in [5, 5.41) is 3.21. The van der Waals surface area contributed by atoms with Crippen molar-refractivity contribution in [3.63, 3.8) is 0 Å². The molecule has 0 radical (unpaired) electrons. The van der Waals surface area contributed by atoms with E-state index in [1.807, 2.05) is 23.1 Å². The zero-order valence-corrected chi connectivity index (χ0v) is 12.8. The van der Waals surface area contributed by atoms with E-state index in [1.165, 1.54) is 11.8 Å². The standard InChI is InChI=1S/C14H18N2O2S.ClH/c17-13(12-4-2-1-3-5-12)10-19-11-14(18)16-8-6-15-7-9-16;/h1-5,15H,6-11H2;1H. The molecule has 1 aromatic carbocycles. The van der Waals surface area contributed by atoms with Crippen LogP contribution in [0.5, 0.6) is 0 Å². The van der Waals surface area contributed by atoms with Crippen LogP contribution in [-0.4, -0.2) is 54.3 Å². The predicted molar refractivity (Wildman–Crippen MR) is 84.8 cm³/mol. The molecule has 0 aliphatic carbocycles. The third-order valence-electron chi connectivity index (χ3n) is 3.02. The van der Waals surface area contributed by atoms with Crippen molar-refractivity contribution in [1.82, 2.24) is 10.2 Å². The number of ketones is 1. The van der Waals surface area contributed by atoms with E-state index < -0.39 is 0 Å². The summed E-state index contributed by atoms with van der Waals surface area (Å²) < 4.78 is 0. The number of Topliss-reactive ketones (excluding diaryl/α,β-unsaturated/α-hetero) is 1. The zero-order chi connectivity index (χ0) is 13.5. The molecule has 1 aromatic rings. The number of rotatable bonds is 5. The number of piperazine rings is 1. The lowest BCUT2D eigenvalue weighted by molar-refractivity contribution is -0.128. The van der Waals surface area contributed by atoms with Crippen LogP contribution in [0.25, 0.3) is 0 Å². The molecule has 1 N–H and O–H groups in total. The molecule has 1 saturated heterocycles. The Morgan fingerprint density at radius 1 is 1.10 bits per heavy atom. The number of thioether (sulfide) groups is 1. The molecule has 6 heteroatoms. The number of hydrogen-bond donors (Lipinski definition) is 1. The van der Waals surface area contributed by atoms with Gasteiger partial charge in [-0.2, -0.15) is 0 Å². The maximum absolute atomic E-state index is 11.9. The average Bonchev–Trinajstić information content (AvgIpc) is 2.49. The quantitative estimate of drug-likeness (QED) is 0.836. The first-order valence-corrected chi connectivity index (χ1v) is 7.57. The second-order valence-corrected chi connectivity index (χ2v) is 5.40. The Bertz CT molecular complexity index is 436. The van der Waals surface area contributed by atoms with Gasteiger partial charge in [-0.3, -0.25) is 9.59 Å². The van der Waals surface area contributed by atoms with E-state index in [-0.39, 0.29) is 24.1 Å². The third kappa shape index (κ3) is 5.15. The summed E-state index contributed by atoms with van der Waals surface area (Å²) in [4.78, 5) is 25.6. The average molecular weight is 315 g/mol. The van der Waals surface area contributed by atoms with E-state index in [0.29, 0.717) is 17.1 Å². The lowest BCUT2D eigenvalue weighted by Gasteiger charge is -2.27. The van der Waals surface area contributed by atoms with Crippen LogP contribution in [0.1, 0.15) is 10.4 Å². The fourth-order valence-corrected chi connectivity index (χ4v) is 2.76. The Morgan fingerprint density at radius 3 is 2.40 bits per heavy atom. The minimum Gasteiger partial charge on any atom is -0.339 e. The molecule has 20 heavy (non-hydrogen) atoms. The van der Waals surface area contributed by atoms with Crippen molar-refractivity contribution in [3.05, 3.63) is 35.9 Å². The minimum absolute atomic E-state index is 0. The van der Waals surface area contributed by atoms with E-state index in [0.717, 1.165) is 26.2 Å². The second-order valence-electron chi connectivity index (χ2n) is 4.41. The highest BCUT2D eigenvalue weighted by Crippen LogP contribution is 2.08. The predicted octanol–water partition coefficient (Wildman–Crippen LogP) is 1.46. The summed E-state index contributed by atoms with van der Waals surface area (Å²) in [5.41, 5.74) is 0.713. The number of halogens is 1. The number of hydrogen-bond acceptors (Lipinski definition) is 4. The Hall–Kier alpha value is -1.04. The van der Waals surface area contributed by atoms with E-state index in [1.54, 1.807) is 12.1 Å². The molecule has 1 aliphatic rings. The van der Waals surface area contributed by atoms with Gasteiger partial charge < -0.3 is 10.2 Å². The number of nitrogens with zero attached hydrogens (tertiary/aromatic N) is 1. The van der Waals surface area contributed by atoms with E-state index in [4.69, 9.17) is 0 Å². The zero-order valence-electron chi connectivity index (χ0n) is 11.2. The molecule has 1 fully saturated rings. The monoisotopic (exact) mass is 314 g/mol. The highest BCUT2D eigenvalue weighted by atomic mass is 35.5. The summed E-state index contributed by atoms with van der Waals surface area (Å²) in [6.07, 6.45) is 0. The number of carbonyl (C=O) groups is 2. The van der Waals surface area contributed by atoms with Crippen molar-refractivity contribution in [3.8, 4) is 0 Å². The van der Waals surface area contributed by atoms with Crippen LogP contribution in [0.3, 0.4) is 0 Å². The van der Waals surface area contributed by atoms with Crippen molar-refractivity contribution in [1.29, 1.82) is 0 Å². The van der Waals surface area contributed by atoms with Gasteiger partial charge >= 0.3 is 0 Å². The van der Waals surface area contributed by atoms with Crippen LogP contribution < -0.4 is 5.32 Å². The maximum Gasteiger partial charge on any atom is 0.232 e. The Kier molecular flexibility index (Phi) is 7.65. The number of carbonyl (C=O) groups excluding carboxylic acids is 2. The Labute approximate surface area is 129 Å². The molecular weight excluding hydrogens is 296 g/mol. The molecule has 0 aromatic heterocycles. The van der Waals surface area contributed by atoms with Gasteiger partial charge in [-0.25, -0.2) is 0 Å². The van der Waals surface area contributed by atoms with E-state index in [9.17, 15) is 9.59 Å². The summed E-state index contributed by atoms with van der Waals surface area (Å²) in [5.74, 6) is 0.964. The van der Waals surface area contributed by atoms with Crippen LogP contribution >= 0.6 is 24.2 Å². The molecule has 0 saturated carbocycles. The molecule has 0 unspecified atom stereocenters. The Balaban J connectivity index is 0.00000200. The normalized spacial score (nSPS) is 14.5. The fraction of sp³-hybridized carbons (Fsp3) is 0.429. The van der Waals surface area contributed by atoms with Crippen LogP contribution in [0, 0.1) is 0 Å². The van der Waals surface area contributed by atoms with Crippen LogP contribution in [-0.2, 0) is 4.79 Å². The van der Waals surface area contributed by atoms with Crippen molar-refractivity contribution >= 4 is 35.9 Å². The molecule has 110 valence electrons. The Morgan fingerprint density at radius 2 is 1.75 bits per heavy atom. The van der Waals surface area contributed by atoms with Gasteiger partial charge in [0, 0.05) is 31.7 Å².